The van der Waals surface area contributed by atoms with Crippen LogP contribution in [0.1, 0.15) is 44.9 Å². The minimum atomic E-state index is -4.31. The summed E-state index contributed by atoms with van der Waals surface area (Å²) >= 11 is 0. The Balaban J connectivity index is 1.92. The summed E-state index contributed by atoms with van der Waals surface area (Å²) in [6.07, 6.45) is -3.06. The number of carboxylic acids is 1. The summed E-state index contributed by atoms with van der Waals surface area (Å²) in [6, 6.07) is -0.141. The van der Waals surface area contributed by atoms with Crippen molar-refractivity contribution in [2.75, 3.05) is 0 Å². The van der Waals surface area contributed by atoms with E-state index in [0.717, 1.165) is 12.8 Å². The highest BCUT2D eigenvalue weighted by molar-refractivity contribution is 5.77. The lowest BCUT2D eigenvalue weighted by Gasteiger charge is -2.38. The molecule has 1 N–H and O–H groups in total. The molecule has 2 bridgehead atoms. The zero-order valence-electron chi connectivity index (χ0n) is 11.0. The van der Waals surface area contributed by atoms with Gasteiger partial charge in [-0.25, -0.2) is 0 Å². The van der Waals surface area contributed by atoms with Crippen LogP contribution in [-0.2, 0) is 9.59 Å². The number of hydrogen-bond acceptors (Lipinski definition) is 2. The standard InChI is InChI=1S/C13H18F3NO3/c14-13(15,16)4-3-11(18)17-9-1-2-10(17)6-8(5-9)7-12(19)20/h8-10H,1-7H2,(H,19,20). The average Bonchev–Trinajstić information content (AvgIpc) is 2.56. The molecule has 0 aromatic heterocycles. The number of fused-ring (bicyclic) bond motifs is 2. The van der Waals surface area contributed by atoms with Crippen molar-refractivity contribution >= 4 is 11.9 Å². The first kappa shape index (κ1) is 15.1. The lowest BCUT2D eigenvalue weighted by Crippen LogP contribution is -2.47. The van der Waals surface area contributed by atoms with E-state index in [9.17, 15) is 22.8 Å². The van der Waals surface area contributed by atoms with Gasteiger partial charge in [-0.1, -0.05) is 0 Å². The van der Waals surface area contributed by atoms with Crippen LogP contribution in [0, 0.1) is 5.92 Å². The van der Waals surface area contributed by atoms with Gasteiger partial charge in [-0.2, -0.15) is 13.2 Å². The number of nitrogens with zero attached hydrogens (tertiary/aromatic N) is 1. The molecule has 2 unspecified atom stereocenters. The first-order valence-electron chi connectivity index (χ1n) is 6.86. The fourth-order valence-corrected chi connectivity index (χ4v) is 3.49. The van der Waals surface area contributed by atoms with Crippen LogP contribution in [0.25, 0.3) is 0 Å². The maximum absolute atomic E-state index is 12.2. The van der Waals surface area contributed by atoms with Crippen molar-refractivity contribution in [3.05, 3.63) is 0 Å². The molecule has 0 aliphatic carbocycles. The van der Waals surface area contributed by atoms with Gasteiger partial charge in [0, 0.05) is 24.9 Å². The Morgan fingerprint density at radius 1 is 1.15 bits per heavy atom. The summed E-state index contributed by atoms with van der Waals surface area (Å²) in [6.45, 7) is 0. The first-order valence-corrected chi connectivity index (χ1v) is 6.86. The van der Waals surface area contributed by atoms with E-state index in [1.165, 1.54) is 0 Å². The number of carboxylic acid groups (broad SMARTS) is 1. The van der Waals surface area contributed by atoms with Crippen molar-refractivity contribution in [2.24, 2.45) is 5.92 Å². The van der Waals surface area contributed by atoms with Gasteiger partial charge in [0.05, 0.1) is 6.42 Å². The highest BCUT2D eigenvalue weighted by Crippen LogP contribution is 2.40. The smallest absolute Gasteiger partial charge is 0.389 e. The van der Waals surface area contributed by atoms with Crippen LogP contribution in [0.3, 0.4) is 0 Å². The van der Waals surface area contributed by atoms with Crippen LogP contribution in [-0.4, -0.2) is 40.1 Å². The molecule has 7 heteroatoms. The highest BCUT2D eigenvalue weighted by atomic mass is 19.4. The molecular weight excluding hydrogens is 275 g/mol. The van der Waals surface area contributed by atoms with E-state index >= 15 is 0 Å². The lowest BCUT2D eigenvalue weighted by atomic mass is 9.88. The number of halogens is 3. The molecule has 2 saturated heterocycles. The monoisotopic (exact) mass is 293 g/mol. The second-order valence-electron chi connectivity index (χ2n) is 5.74. The van der Waals surface area contributed by atoms with E-state index in [4.69, 9.17) is 5.11 Å². The van der Waals surface area contributed by atoms with Gasteiger partial charge in [-0.05, 0) is 31.6 Å². The number of hydrogen-bond donors (Lipinski definition) is 1. The van der Waals surface area contributed by atoms with E-state index in [1.807, 2.05) is 0 Å². The second-order valence-corrected chi connectivity index (χ2v) is 5.74. The molecule has 2 aliphatic heterocycles. The Bertz CT molecular complexity index is 383. The summed E-state index contributed by atoms with van der Waals surface area (Å²) in [5.41, 5.74) is 0. The van der Waals surface area contributed by atoms with Crippen molar-refractivity contribution in [3.8, 4) is 0 Å². The zero-order chi connectivity index (χ0) is 14.9. The van der Waals surface area contributed by atoms with Gasteiger partial charge < -0.3 is 10.0 Å². The molecule has 2 rings (SSSR count). The predicted octanol–water partition coefficient (Wildman–Crippen LogP) is 2.57. The van der Waals surface area contributed by atoms with Gasteiger partial charge in [0.25, 0.3) is 0 Å². The Kier molecular flexibility index (Phi) is 4.25. The Hall–Kier alpha value is -1.27. The van der Waals surface area contributed by atoms with Crippen LogP contribution in [0.15, 0.2) is 0 Å². The van der Waals surface area contributed by atoms with E-state index in [-0.39, 0.29) is 24.4 Å². The summed E-state index contributed by atoms with van der Waals surface area (Å²) in [4.78, 5) is 24.3. The van der Waals surface area contributed by atoms with Crippen molar-refractivity contribution in [1.82, 2.24) is 4.90 Å². The molecule has 20 heavy (non-hydrogen) atoms. The highest BCUT2D eigenvalue weighted by Gasteiger charge is 2.43. The van der Waals surface area contributed by atoms with E-state index in [2.05, 4.69) is 0 Å². The molecule has 0 aromatic rings. The topological polar surface area (TPSA) is 57.6 Å². The van der Waals surface area contributed by atoms with Crippen LogP contribution >= 0.6 is 0 Å². The molecule has 114 valence electrons. The number of piperidine rings is 1. The molecule has 2 atom stereocenters. The van der Waals surface area contributed by atoms with E-state index in [1.54, 1.807) is 4.90 Å². The molecule has 4 nitrogen and oxygen atoms in total. The van der Waals surface area contributed by atoms with Crippen molar-refractivity contribution < 1.29 is 27.9 Å². The molecule has 2 fully saturated rings. The van der Waals surface area contributed by atoms with Crippen LogP contribution in [0.4, 0.5) is 13.2 Å². The number of rotatable bonds is 4. The molecule has 0 aromatic carbocycles. The van der Waals surface area contributed by atoms with Gasteiger partial charge in [0.2, 0.25) is 5.91 Å². The number of carbonyl (C=O) groups excluding carboxylic acids is 1. The third kappa shape index (κ3) is 3.64. The third-order valence-corrected chi connectivity index (χ3v) is 4.20. The largest absolute Gasteiger partial charge is 0.481 e. The predicted molar refractivity (Wildman–Crippen MR) is 63.9 cm³/mol. The SMILES string of the molecule is O=C(O)CC1CC2CCC(C1)N2C(=O)CCC(F)(F)F. The molecule has 1 amide bonds. The van der Waals surface area contributed by atoms with Crippen molar-refractivity contribution in [1.29, 1.82) is 0 Å². The van der Waals surface area contributed by atoms with Gasteiger partial charge in [-0.15, -0.1) is 0 Å². The third-order valence-electron chi connectivity index (χ3n) is 4.20. The minimum Gasteiger partial charge on any atom is -0.481 e. The van der Waals surface area contributed by atoms with Gasteiger partial charge in [-0.3, -0.25) is 9.59 Å². The van der Waals surface area contributed by atoms with Gasteiger partial charge >= 0.3 is 12.1 Å². The van der Waals surface area contributed by atoms with Gasteiger partial charge in [0.15, 0.2) is 0 Å². The number of carbonyl (C=O) groups is 2. The summed E-state index contributed by atoms with van der Waals surface area (Å²) in [7, 11) is 0. The molecule has 2 aliphatic rings. The van der Waals surface area contributed by atoms with Crippen LogP contribution in [0.5, 0.6) is 0 Å². The fourth-order valence-electron chi connectivity index (χ4n) is 3.49. The normalized spacial score (nSPS) is 29.6. The maximum atomic E-state index is 12.2. The summed E-state index contributed by atoms with van der Waals surface area (Å²) in [5.74, 6) is -1.26. The van der Waals surface area contributed by atoms with Gasteiger partial charge in [0.1, 0.15) is 0 Å². The summed E-state index contributed by atoms with van der Waals surface area (Å²) < 4.78 is 36.5. The van der Waals surface area contributed by atoms with Crippen LogP contribution in [0.2, 0.25) is 0 Å². The van der Waals surface area contributed by atoms with Crippen LogP contribution < -0.4 is 0 Å². The average molecular weight is 293 g/mol. The fraction of sp³-hybridized carbons (Fsp3) is 0.846. The zero-order valence-corrected chi connectivity index (χ0v) is 11.0. The minimum absolute atomic E-state index is 0.0386. The van der Waals surface area contributed by atoms with Crippen molar-refractivity contribution in [2.45, 2.75) is 63.2 Å². The number of alkyl halides is 3. The van der Waals surface area contributed by atoms with E-state index in [0.29, 0.717) is 12.8 Å². The Labute approximate surface area is 114 Å². The molecule has 0 saturated carbocycles. The quantitative estimate of drug-likeness (QED) is 0.866. The van der Waals surface area contributed by atoms with E-state index < -0.39 is 30.9 Å². The Morgan fingerprint density at radius 2 is 1.70 bits per heavy atom. The number of aliphatic carboxylic acids is 1. The second kappa shape index (κ2) is 5.61. The lowest BCUT2D eigenvalue weighted by molar-refractivity contribution is -0.152. The molecule has 2 heterocycles. The number of amides is 1. The first-order chi connectivity index (χ1) is 9.26. The van der Waals surface area contributed by atoms with Crippen molar-refractivity contribution in [3.63, 3.8) is 0 Å². The maximum Gasteiger partial charge on any atom is 0.389 e. The molecular formula is C13H18F3NO3. The summed E-state index contributed by atoms with van der Waals surface area (Å²) in [5, 5.41) is 8.80. The molecule has 0 radical (unpaired) electrons. The Morgan fingerprint density at radius 3 is 2.15 bits per heavy atom. The molecule has 0 spiro atoms.